The minimum Gasteiger partial charge on any atom is -0.481 e. The number of aliphatic imine (C=N–C) groups is 2. The average molecular weight is 501 g/mol. The molecule has 2 fully saturated rings. The van der Waals surface area contributed by atoms with Gasteiger partial charge < -0.3 is 14.5 Å². The highest BCUT2D eigenvalue weighted by Crippen LogP contribution is 2.28. The molecule has 1 aromatic rings. The first kappa shape index (κ1) is 28.0. The van der Waals surface area contributed by atoms with Crippen LogP contribution in [0.1, 0.15) is 64.5 Å². The van der Waals surface area contributed by atoms with Gasteiger partial charge in [0, 0.05) is 43.4 Å². The first-order valence-electron chi connectivity index (χ1n) is 13.0. The molecule has 0 spiro atoms. The molecule has 1 atom stereocenters. The quantitative estimate of drug-likeness (QED) is 0.290. The van der Waals surface area contributed by atoms with Crippen molar-refractivity contribution >= 4 is 24.0 Å². The normalized spacial score (nSPS) is 20.9. The topological polar surface area (TPSA) is 40.4 Å². The Hall–Kier alpha value is -2.54. The predicted octanol–water partition coefficient (Wildman–Crippen LogP) is 6.42. The Bertz CT molecular complexity index is 974. The number of rotatable bonds is 9. The van der Waals surface area contributed by atoms with E-state index in [1.165, 1.54) is 12.5 Å². The summed E-state index contributed by atoms with van der Waals surface area (Å²) in [6.07, 6.45) is 5.82. The van der Waals surface area contributed by atoms with Crippen LogP contribution in [0.25, 0.3) is 11.4 Å². The van der Waals surface area contributed by atoms with Gasteiger partial charge in [0.1, 0.15) is 11.5 Å². The number of halogens is 2. The Balaban J connectivity index is 1.56. The summed E-state index contributed by atoms with van der Waals surface area (Å²) >= 11 is 0. The number of hydrogen-bond donors (Lipinski definition) is 0. The predicted molar refractivity (Wildman–Crippen MR) is 146 cm³/mol. The van der Waals surface area contributed by atoms with Gasteiger partial charge in [-0.15, -0.1) is 0 Å². The number of nitrogens with zero attached hydrogens (tertiary/aromatic N) is 4. The third-order valence-corrected chi connectivity index (χ3v) is 6.99. The van der Waals surface area contributed by atoms with E-state index in [0.29, 0.717) is 47.7 Å². The molecule has 1 aromatic carbocycles. The molecular weight excluding hydrogens is 458 g/mol. The number of piperidine rings is 2. The summed E-state index contributed by atoms with van der Waals surface area (Å²) in [6, 6.07) is 5.05. The van der Waals surface area contributed by atoms with Crippen LogP contribution in [0.5, 0.6) is 0 Å². The van der Waals surface area contributed by atoms with Gasteiger partial charge in [0.15, 0.2) is 5.90 Å². The number of hydrogen-bond acceptors (Lipinski definition) is 5. The van der Waals surface area contributed by atoms with Gasteiger partial charge >= 0.3 is 0 Å². The Morgan fingerprint density at radius 3 is 2.56 bits per heavy atom. The highest BCUT2D eigenvalue weighted by molar-refractivity contribution is 5.77. The lowest BCUT2D eigenvalue weighted by molar-refractivity contribution is 0.0819. The van der Waals surface area contributed by atoms with Crippen molar-refractivity contribution in [3.63, 3.8) is 0 Å². The van der Waals surface area contributed by atoms with Crippen molar-refractivity contribution in [1.29, 1.82) is 0 Å². The third kappa shape index (κ3) is 8.26. The van der Waals surface area contributed by atoms with Crippen LogP contribution in [-0.2, 0) is 4.74 Å². The Labute approximate surface area is 215 Å². The van der Waals surface area contributed by atoms with Crippen LogP contribution < -0.4 is 0 Å². The van der Waals surface area contributed by atoms with Crippen LogP contribution in [0.3, 0.4) is 0 Å². The molecule has 0 amide bonds. The van der Waals surface area contributed by atoms with Crippen LogP contribution in [0.4, 0.5) is 8.78 Å². The highest BCUT2D eigenvalue weighted by atomic mass is 19.1. The number of likely N-dealkylation sites (tertiary alicyclic amines) is 2. The molecular formula is C29H42F2N4O. The molecule has 36 heavy (non-hydrogen) atoms. The van der Waals surface area contributed by atoms with Crippen molar-refractivity contribution in [3.8, 4) is 0 Å². The molecule has 198 valence electrons. The van der Waals surface area contributed by atoms with Crippen LogP contribution in [0.2, 0.25) is 0 Å². The maximum atomic E-state index is 15.0. The smallest absolute Gasteiger partial charge is 0.184 e. The summed E-state index contributed by atoms with van der Waals surface area (Å²) in [5.74, 6) is 1.20. The van der Waals surface area contributed by atoms with Gasteiger partial charge in [0.25, 0.3) is 0 Å². The summed E-state index contributed by atoms with van der Waals surface area (Å²) in [4.78, 5) is 12.8. The van der Waals surface area contributed by atoms with Gasteiger partial charge in [-0.2, -0.15) is 0 Å². The number of alkyl halides is 1. The van der Waals surface area contributed by atoms with E-state index in [1.54, 1.807) is 33.0 Å². The molecule has 2 heterocycles. The van der Waals surface area contributed by atoms with Crippen molar-refractivity contribution in [2.75, 3.05) is 39.3 Å². The largest absolute Gasteiger partial charge is 0.481 e. The molecule has 2 saturated heterocycles. The second kappa shape index (κ2) is 12.6. The van der Waals surface area contributed by atoms with Gasteiger partial charge in [-0.25, -0.2) is 13.8 Å². The molecule has 7 heteroatoms. The fourth-order valence-corrected chi connectivity index (χ4v) is 4.99. The molecule has 5 nitrogen and oxygen atoms in total. The van der Waals surface area contributed by atoms with Crippen LogP contribution in [-0.4, -0.2) is 67.4 Å². The zero-order chi connectivity index (χ0) is 26.3. The van der Waals surface area contributed by atoms with Crippen molar-refractivity contribution in [3.05, 3.63) is 47.9 Å². The molecule has 0 saturated carbocycles. The Kier molecular flexibility index (Phi) is 9.83. The van der Waals surface area contributed by atoms with Crippen molar-refractivity contribution in [2.24, 2.45) is 21.8 Å². The van der Waals surface area contributed by atoms with Crippen molar-refractivity contribution in [1.82, 2.24) is 9.80 Å². The minimum absolute atomic E-state index is 0.329. The number of benzene rings is 1. The monoisotopic (exact) mass is 500 g/mol. The summed E-state index contributed by atoms with van der Waals surface area (Å²) in [5.41, 5.74) is 1.15. The lowest BCUT2D eigenvalue weighted by Crippen LogP contribution is -2.41. The van der Waals surface area contributed by atoms with Gasteiger partial charge in [-0.1, -0.05) is 19.6 Å². The SMILES string of the molecule is C=N/C(=C\N=C(/C)OCC1CCN(CC(C)(C)F)CC1)c1ccc(C(=C)N2CCCC(C)C2)c(F)c1. The first-order chi connectivity index (χ1) is 17.1. The van der Waals surface area contributed by atoms with E-state index < -0.39 is 5.67 Å². The molecule has 0 aliphatic carbocycles. The third-order valence-electron chi connectivity index (χ3n) is 6.99. The fraction of sp³-hybridized carbons (Fsp3) is 0.586. The van der Waals surface area contributed by atoms with E-state index in [1.807, 2.05) is 6.07 Å². The average Bonchev–Trinajstić information content (AvgIpc) is 2.83. The van der Waals surface area contributed by atoms with Crippen molar-refractivity contribution in [2.45, 2.75) is 59.0 Å². The van der Waals surface area contributed by atoms with E-state index >= 15 is 4.39 Å². The van der Waals surface area contributed by atoms with E-state index in [-0.39, 0.29) is 5.82 Å². The zero-order valence-electron chi connectivity index (χ0n) is 22.4. The first-order valence-corrected chi connectivity index (χ1v) is 13.0. The molecule has 2 aliphatic heterocycles. The van der Waals surface area contributed by atoms with Gasteiger partial charge in [0.2, 0.25) is 0 Å². The molecule has 0 bridgehead atoms. The molecule has 2 aliphatic rings. The molecule has 0 radical (unpaired) electrons. The minimum atomic E-state index is -1.17. The van der Waals surface area contributed by atoms with Crippen LogP contribution in [0.15, 0.2) is 41.0 Å². The summed E-state index contributed by atoms with van der Waals surface area (Å²) in [7, 11) is 0. The zero-order valence-corrected chi connectivity index (χ0v) is 22.4. The second-order valence-corrected chi connectivity index (χ2v) is 10.9. The van der Waals surface area contributed by atoms with Crippen LogP contribution >= 0.6 is 0 Å². The van der Waals surface area contributed by atoms with Gasteiger partial charge in [-0.3, -0.25) is 4.99 Å². The number of ether oxygens (including phenoxy) is 1. The van der Waals surface area contributed by atoms with E-state index in [4.69, 9.17) is 4.74 Å². The molecule has 3 rings (SSSR count). The molecule has 0 aromatic heterocycles. The van der Waals surface area contributed by atoms with Crippen molar-refractivity contribution < 1.29 is 13.5 Å². The Morgan fingerprint density at radius 1 is 1.22 bits per heavy atom. The van der Waals surface area contributed by atoms with E-state index in [0.717, 1.165) is 51.1 Å². The van der Waals surface area contributed by atoms with Gasteiger partial charge in [-0.05, 0) is 83.3 Å². The van der Waals surface area contributed by atoms with E-state index in [9.17, 15) is 4.39 Å². The lowest BCUT2D eigenvalue weighted by Gasteiger charge is -2.34. The lowest BCUT2D eigenvalue weighted by atomic mass is 9.97. The van der Waals surface area contributed by atoms with Gasteiger partial charge in [0.05, 0.1) is 18.5 Å². The van der Waals surface area contributed by atoms with Crippen LogP contribution in [0, 0.1) is 17.7 Å². The summed E-state index contributed by atoms with van der Waals surface area (Å²) < 4.78 is 34.8. The second-order valence-electron chi connectivity index (χ2n) is 10.9. The maximum Gasteiger partial charge on any atom is 0.184 e. The summed E-state index contributed by atoms with van der Waals surface area (Å²) in [5, 5.41) is 0. The summed E-state index contributed by atoms with van der Waals surface area (Å²) in [6.45, 7) is 19.7. The molecule has 1 unspecified atom stereocenters. The molecule has 0 N–H and O–H groups in total. The van der Waals surface area contributed by atoms with E-state index in [2.05, 4.69) is 40.0 Å². The highest BCUT2D eigenvalue weighted by Gasteiger charge is 2.25. The Morgan fingerprint density at radius 2 is 1.94 bits per heavy atom. The standard InChI is InChI=1S/C29H42F2N4O/c1-21-8-7-13-35(18-21)22(2)26-10-9-25(16-27(26)30)28(32-6)17-33-23(3)36-19-24-11-14-34(15-12-24)20-29(4,5)31/h9-10,16-17,21,24H,2,6-8,11-15,18-20H2,1,3-5H3/b28-17-,33-23+. The fourth-order valence-electron chi connectivity index (χ4n) is 4.99. The maximum absolute atomic E-state index is 15.0.